The lowest BCUT2D eigenvalue weighted by molar-refractivity contribution is -0.208. The van der Waals surface area contributed by atoms with Crippen molar-refractivity contribution in [2.24, 2.45) is 34.5 Å². The Morgan fingerprint density at radius 3 is 2.30 bits per heavy atom. The van der Waals surface area contributed by atoms with Gasteiger partial charge in [-0.25, -0.2) is 0 Å². The van der Waals surface area contributed by atoms with Gasteiger partial charge < -0.3 is 14.3 Å². The summed E-state index contributed by atoms with van der Waals surface area (Å²) in [6, 6.07) is 0. The molecule has 0 aromatic rings. The zero-order valence-corrected chi connectivity index (χ0v) is 21.6. The standard InChI is InChI=1S/C26H46O3Si/c1-23(2,3)30(6,7)29-20-11-13-24(4)18(16-20)8-9-22-21(24)12-14-25(5)19(17-27)10-15-26(22,25)28/h17-22,28H,8-16H2,1-7H3/t18-,19+,20+,21+,22-,24+,25-,26+/m1/s1. The number of carbonyl (C=O) groups is 1. The highest BCUT2D eigenvalue weighted by molar-refractivity contribution is 6.74. The molecule has 172 valence electrons. The van der Waals surface area contributed by atoms with Gasteiger partial charge in [0.2, 0.25) is 0 Å². The van der Waals surface area contributed by atoms with Crippen molar-refractivity contribution in [3.63, 3.8) is 0 Å². The number of rotatable bonds is 3. The fourth-order valence-electron chi connectivity index (χ4n) is 8.15. The Bertz CT molecular complexity index is 684. The lowest BCUT2D eigenvalue weighted by Crippen LogP contribution is -2.62. The van der Waals surface area contributed by atoms with Gasteiger partial charge in [0.25, 0.3) is 0 Å². The SMILES string of the molecule is CC(C)(C)[Si](C)(C)O[C@H]1CC[C@@]2(C)[C@H](CC[C@@H]3[C@@H]2CC[C@]2(C)[C@H](C=O)CC[C@]32O)C1. The summed E-state index contributed by atoms with van der Waals surface area (Å²) in [5.74, 6) is 1.75. The zero-order chi connectivity index (χ0) is 22.2. The third-order valence-corrected chi connectivity index (χ3v) is 15.8. The first-order valence-electron chi connectivity index (χ1n) is 12.6. The van der Waals surface area contributed by atoms with E-state index in [0.29, 0.717) is 23.4 Å². The number of hydrogen-bond acceptors (Lipinski definition) is 3. The van der Waals surface area contributed by atoms with Crippen molar-refractivity contribution in [2.45, 2.75) is 122 Å². The van der Waals surface area contributed by atoms with Gasteiger partial charge in [-0.3, -0.25) is 0 Å². The Labute approximate surface area is 185 Å². The van der Waals surface area contributed by atoms with E-state index >= 15 is 0 Å². The van der Waals surface area contributed by atoms with Crippen molar-refractivity contribution < 1.29 is 14.3 Å². The molecule has 4 heteroatoms. The molecule has 4 saturated carbocycles. The second kappa shape index (κ2) is 7.15. The average molecular weight is 435 g/mol. The van der Waals surface area contributed by atoms with Gasteiger partial charge in [-0.1, -0.05) is 34.6 Å². The van der Waals surface area contributed by atoms with Crippen LogP contribution in [0.25, 0.3) is 0 Å². The summed E-state index contributed by atoms with van der Waals surface area (Å²) in [5.41, 5.74) is -0.516. The van der Waals surface area contributed by atoms with Crippen LogP contribution in [0.3, 0.4) is 0 Å². The monoisotopic (exact) mass is 434 g/mol. The van der Waals surface area contributed by atoms with E-state index in [1.807, 2.05) is 0 Å². The Kier molecular flexibility index (Phi) is 5.48. The number of aldehydes is 1. The van der Waals surface area contributed by atoms with Crippen molar-refractivity contribution in [1.82, 2.24) is 0 Å². The van der Waals surface area contributed by atoms with Crippen LogP contribution in [-0.4, -0.2) is 31.4 Å². The molecule has 0 saturated heterocycles. The number of aliphatic hydroxyl groups is 1. The molecule has 8 atom stereocenters. The summed E-state index contributed by atoms with van der Waals surface area (Å²) in [4.78, 5) is 11.8. The van der Waals surface area contributed by atoms with E-state index in [0.717, 1.165) is 37.9 Å². The molecule has 0 aromatic heterocycles. The minimum absolute atomic E-state index is 0.0442. The lowest BCUT2D eigenvalue weighted by atomic mass is 9.43. The van der Waals surface area contributed by atoms with Gasteiger partial charge >= 0.3 is 0 Å². The summed E-state index contributed by atoms with van der Waals surface area (Å²) in [5, 5.41) is 12.3. The van der Waals surface area contributed by atoms with Crippen LogP contribution in [0.1, 0.15) is 92.4 Å². The molecule has 0 unspecified atom stereocenters. The van der Waals surface area contributed by atoms with E-state index in [1.165, 1.54) is 32.1 Å². The second-order valence-electron chi connectivity index (χ2n) is 13.4. The first-order chi connectivity index (χ1) is 13.8. The van der Waals surface area contributed by atoms with Crippen LogP contribution < -0.4 is 0 Å². The summed E-state index contributed by atoms with van der Waals surface area (Å²) in [6.07, 6.45) is 11.5. The molecule has 4 fully saturated rings. The molecule has 1 N–H and O–H groups in total. The number of hydrogen-bond donors (Lipinski definition) is 1. The number of fused-ring (bicyclic) bond motifs is 5. The maximum absolute atomic E-state index is 12.0. The molecule has 0 aliphatic heterocycles. The maximum Gasteiger partial charge on any atom is 0.192 e. The highest BCUT2D eigenvalue weighted by atomic mass is 28.4. The zero-order valence-electron chi connectivity index (χ0n) is 20.6. The van der Waals surface area contributed by atoms with Crippen LogP contribution in [-0.2, 0) is 9.22 Å². The molecule has 4 aliphatic rings. The molecule has 0 amide bonds. The van der Waals surface area contributed by atoms with Crippen LogP contribution in [0.2, 0.25) is 18.1 Å². The van der Waals surface area contributed by atoms with E-state index in [4.69, 9.17) is 4.43 Å². The molecular formula is C26H46O3Si. The predicted octanol–water partition coefficient (Wildman–Crippen LogP) is 6.35. The molecule has 0 bridgehead atoms. The van der Waals surface area contributed by atoms with E-state index in [-0.39, 0.29) is 16.4 Å². The van der Waals surface area contributed by atoms with Crippen LogP contribution in [0.5, 0.6) is 0 Å². The normalized spacial score (nSPS) is 49.1. The van der Waals surface area contributed by atoms with Crippen LogP contribution in [0, 0.1) is 34.5 Å². The fourth-order valence-corrected chi connectivity index (χ4v) is 9.55. The topological polar surface area (TPSA) is 46.5 Å². The van der Waals surface area contributed by atoms with Crippen molar-refractivity contribution >= 4 is 14.6 Å². The average Bonchev–Trinajstić information content (AvgIpc) is 2.92. The first-order valence-corrected chi connectivity index (χ1v) is 15.5. The van der Waals surface area contributed by atoms with Gasteiger partial charge in [-0.05, 0) is 99.1 Å². The van der Waals surface area contributed by atoms with Gasteiger partial charge in [-0.2, -0.15) is 0 Å². The molecule has 0 spiro atoms. The maximum atomic E-state index is 12.0. The highest BCUT2D eigenvalue weighted by Gasteiger charge is 2.67. The summed E-state index contributed by atoms with van der Waals surface area (Å²) < 4.78 is 6.86. The van der Waals surface area contributed by atoms with Crippen molar-refractivity contribution in [2.75, 3.05) is 0 Å². The van der Waals surface area contributed by atoms with E-state index in [2.05, 4.69) is 47.7 Å². The largest absolute Gasteiger partial charge is 0.414 e. The molecule has 0 heterocycles. The Morgan fingerprint density at radius 1 is 0.967 bits per heavy atom. The van der Waals surface area contributed by atoms with Crippen molar-refractivity contribution in [3.05, 3.63) is 0 Å². The van der Waals surface area contributed by atoms with Crippen LogP contribution in [0.15, 0.2) is 0 Å². The minimum Gasteiger partial charge on any atom is -0.414 e. The molecule has 0 aromatic carbocycles. The first kappa shape index (κ1) is 23.0. The predicted molar refractivity (Wildman–Crippen MR) is 125 cm³/mol. The lowest BCUT2D eigenvalue weighted by Gasteiger charge is -2.63. The number of carbonyl (C=O) groups excluding carboxylic acids is 1. The molecular weight excluding hydrogens is 388 g/mol. The third-order valence-electron chi connectivity index (χ3n) is 11.3. The van der Waals surface area contributed by atoms with Gasteiger partial charge in [0.15, 0.2) is 8.32 Å². The second-order valence-corrected chi connectivity index (χ2v) is 18.2. The van der Waals surface area contributed by atoms with E-state index in [1.54, 1.807) is 0 Å². The van der Waals surface area contributed by atoms with E-state index < -0.39 is 13.9 Å². The molecule has 0 radical (unpaired) electrons. The van der Waals surface area contributed by atoms with Gasteiger partial charge in [0.1, 0.15) is 6.29 Å². The summed E-state index contributed by atoms with van der Waals surface area (Å²) >= 11 is 0. The van der Waals surface area contributed by atoms with Gasteiger partial charge in [0.05, 0.1) is 5.60 Å². The smallest absolute Gasteiger partial charge is 0.192 e. The van der Waals surface area contributed by atoms with Crippen LogP contribution >= 0.6 is 0 Å². The Morgan fingerprint density at radius 2 is 1.67 bits per heavy atom. The third kappa shape index (κ3) is 3.14. The van der Waals surface area contributed by atoms with Gasteiger partial charge in [0, 0.05) is 17.4 Å². The quantitative estimate of drug-likeness (QED) is 0.416. The van der Waals surface area contributed by atoms with Crippen LogP contribution in [0.4, 0.5) is 0 Å². The van der Waals surface area contributed by atoms with Crippen molar-refractivity contribution in [1.29, 1.82) is 0 Å². The van der Waals surface area contributed by atoms with Gasteiger partial charge in [-0.15, -0.1) is 0 Å². The minimum atomic E-state index is -1.73. The highest BCUT2D eigenvalue weighted by Crippen LogP contribution is 2.68. The molecule has 30 heavy (non-hydrogen) atoms. The van der Waals surface area contributed by atoms with Crippen molar-refractivity contribution in [3.8, 4) is 0 Å². The molecule has 4 rings (SSSR count). The van der Waals surface area contributed by atoms with E-state index in [9.17, 15) is 9.90 Å². The molecule has 3 nitrogen and oxygen atoms in total. The summed E-state index contributed by atoms with van der Waals surface area (Å²) in [7, 11) is -1.73. The Balaban J connectivity index is 1.52. The fraction of sp³-hybridized carbons (Fsp3) is 0.962. The molecule has 4 aliphatic carbocycles. The Hall–Kier alpha value is -0.193. The summed E-state index contributed by atoms with van der Waals surface area (Å²) in [6.45, 7) is 16.5.